The molecule has 2 rings (SSSR count). The molecule has 0 saturated heterocycles. The van der Waals surface area contributed by atoms with Crippen molar-refractivity contribution in [1.29, 1.82) is 0 Å². The number of hydrogen-bond donors (Lipinski definition) is 2. The molecule has 112 valence electrons. The number of hydrogen-bond acceptors (Lipinski definition) is 3. The Hall–Kier alpha value is -1.63. The predicted molar refractivity (Wildman–Crippen MR) is 81.4 cm³/mol. The highest BCUT2D eigenvalue weighted by Gasteiger charge is 2.19. The van der Waals surface area contributed by atoms with Gasteiger partial charge in [0.05, 0.1) is 0 Å². The zero-order valence-electron chi connectivity index (χ0n) is 11.2. The van der Waals surface area contributed by atoms with Crippen molar-refractivity contribution < 1.29 is 12.8 Å². The van der Waals surface area contributed by atoms with Gasteiger partial charge in [-0.05, 0) is 49.0 Å². The molecule has 2 aromatic carbocycles. The average Bonchev–Trinajstić information content (AvgIpc) is 2.41. The molecular weight excluding hydrogens is 315 g/mol. The van der Waals surface area contributed by atoms with Gasteiger partial charge in [-0.15, -0.1) is 0 Å². The lowest BCUT2D eigenvalue weighted by Crippen LogP contribution is -2.15. The summed E-state index contributed by atoms with van der Waals surface area (Å²) in [6.07, 6.45) is 0. The summed E-state index contributed by atoms with van der Waals surface area (Å²) in [4.78, 5) is -0.391. The maximum absolute atomic E-state index is 14.0. The second-order valence-electron chi connectivity index (χ2n) is 4.41. The van der Waals surface area contributed by atoms with Crippen LogP contribution in [0, 0.1) is 5.82 Å². The maximum Gasteiger partial charge on any atom is 0.264 e. The standard InChI is InChI=1S/C14H14ClFN2O2S/c1-17-9-10-2-7-14(13(16)8-10)21(19,20)18-12-5-3-11(15)4-6-12/h2-8,17-18H,9H2,1H3. The minimum Gasteiger partial charge on any atom is -0.316 e. The van der Waals surface area contributed by atoms with Crippen LogP contribution < -0.4 is 10.0 Å². The molecule has 0 spiro atoms. The SMILES string of the molecule is CNCc1ccc(S(=O)(=O)Nc2ccc(Cl)cc2)c(F)c1. The Kier molecular flexibility index (Phi) is 4.82. The predicted octanol–water partition coefficient (Wildman–Crippen LogP) is 3.00. The van der Waals surface area contributed by atoms with E-state index in [4.69, 9.17) is 11.6 Å². The molecule has 0 aliphatic heterocycles. The van der Waals surface area contributed by atoms with E-state index in [2.05, 4.69) is 10.0 Å². The molecule has 0 aromatic heterocycles. The Bertz CT molecular complexity index is 733. The summed E-state index contributed by atoms with van der Waals surface area (Å²) in [6, 6.07) is 10.1. The van der Waals surface area contributed by atoms with E-state index >= 15 is 0 Å². The number of sulfonamides is 1. The monoisotopic (exact) mass is 328 g/mol. The number of anilines is 1. The van der Waals surface area contributed by atoms with Crippen molar-refractivity contribution in [2.24, 2.45) is 0 Å². The van der Waals surface area contributed by atoms with Gasteiger partial charge in [0, 0.05) is 17.3 Å². The van der Waals surface area contributed by atoms with E-state index in [0.717, 1.165) is 0 Å². The Balaban J connectivity index is 2.29. The van der Waals surface area contributed by atoms with Crippen molar-refractivity contribution in [3.05, 3.63) is 58.9 Å². The van der Waals surface area contributed by atoms with Gasteiger partial charge in [0.25, 0.3) is 10.0 Å². The first-order valence-corrected chi connectivity index (χ1v) is 8.00. The number of rotatable bonds is 5. The van der Waals surface area contributed by atoms with Crippen LogP contribution in [-0.4, -0.2) is 15.5 Å². The van der Waals surface area contributed by atoms with Gasteiger partial charge in [-0.2, -0.15) is 0 Å². The first-order chi connectivity index (χ1) is 9.92. The fraction of sp³-hybridized carbons (Fsp3) is 0.143. The zero-order chi connectivity index (χ0) is 15.5. The van der Waals surface area contributed by atoms with Crippen LogP contribution in [0.1, 0.15) is 5.56 Å². The largest absolute Gasteiger partial charge is 0.316 e. The molecule has 2 N–H and O–H groups in total. The summed E-state index contributed by atoms with van der Waals surface area (Å²) in [5.74, 6) is -0.788. The molecule has 0 bridgehead atoms. The van der Waals surface area contributed by atoms with Crippen LogP contribution in [0.3, 0.4) is 0 Å². The normalized spacial score (nSPS) is 11.4. The van der Waals surface area contributed by atoms with Crippen LogP contribution >= 0.6 is 11.6 Å². The molecule has 0 unspecified atom stereocenters. The van der Waals surface area contributed by atoms with E-state index in [0.29, 0.717) is 22.8 Å². The molecule has 4 nitrogen and oxygen atoms in total. The Morgan fingerprint density at radius 3 is 2.38 bits per heavy atom. The fourth-order valence-corrected chi connectivity index (χ4v) is 3.05. The second-order valence-corrected chi connectivity index (χ2v) is 6.49. The smallest absolute Gasteiger partial charge is 0.264 e. The minimum atomic E-state index is -3.98. The Morgan fingerprint density at radius 2 is 1.81 bits per heavy atom. The Labute approximate surface area is 128 Å². The van der Waals surface area contributed by atoms with E-state index < -0.39 is 20.7 Å². The lowest BCUT2D eigenvalue weighted by molar-refractivity contribution is 0.568. The van der Waals surface area contributed by atoms with E-state index in [9.17, 15) is 12.8 Å². The van der Waals surface area contributed by atoms with Crippen molar-refractivity contribution in [3.8, 4) is 0 Å². The summed E-state index contributed by atoms with van der Waals surface area (Å²) < 4.78 is 40.6. The third-order valence-electron chi connectivity index (χ3n) is 2.76. The van der Waals surface area contributed by atoms with E-state index in [1.807, 2.05) is 0 Å². The van der Waals surface area contributed by atoms with Gasteiger partial charge < -0.3 is 5.32 Å². The van der Waals surface area contributed by atoms with E-state index in [-0.39, 0.29) is 0 Å². The second kappa shape index (κ2) is 6.43. The van der Waals surface area contributed by atoms with Gasteiger partial charge in [-0.1, -0.05) is 17.7 Å². The van der Waals surface area contributed by atoms with Crippen molar-refractivity contribution in [2.75, 3.05) is 11.8 Å². The third kappa shape index (κ3) is 3.93. The zero-order valence-corrected chi connectivity index (χ0v) is 12.8. The first kappa shape index (κ1) is 15.8. The summed E-state index contributed by atoms with van der Waals surface area (Å²) in [5, 5.41) is 3.36. The number of benzene rings is 2. The van der Waals surface area contributed by atoms with Crippen molar-refractivity contribution in [3.63, 3.8) is 0 Å². The van der Waals surface area contributed by atoms with Gasteiger partial charge in [-0.3, -0.25) is 4.72 Å². The summed E-state index contributed by atoms with van der Waals surface area (Å²) in [7, 11) is -2.25. The maximum atomic E-state index is 14.0. The highest BCUT2D eigenvalue weighted by atomic mass is 35.5. The van der Waals surface area contributed by atoms with E-state index in [1.165, 1.54) is 24.3 Å². The van der Waals surface area contributed by atoms with Crippen LogP contribution in [0.25, 0.3) is 0 Å². The molecule has 2 aromatic rings. The molecule has 21 heavy (non-hydrogen) atoms. The van der Waals surface area contributed by atoms with Crippen LogP contribution in [0.2, 0.25) is 5.02 Å². The topological polar surface area (TPSA) is 58.2 Å². The summed E-state index contributed by atoms with van der Waals surface area (Å²) >= 11 is 5.73. The van der Waals surface area contributed by atoms with Gasteiger partial charge in [0.15, 0.2) is 0 Å². The van der Waals surface area contributed by atoms with Gasteiger partial charge in [0.2, 0.25) is 0 Å². The van der Waals surface area contributed by atoms with Gasteiger partial charge in [0.1, 0.15) is 10.7 Å². The molecule has 0 heterocycles. The highest BCUT2D eigenvalue weighted by Crippen LogP contribution is 2.21. The molecule has 0 radical (unpaired) electrons. The molecule has 7 heteroatoms. The Morgan fingerprint density at radius 1 is 1.14 bits per heavy atom. The molecule has 0 aliphatic carbocycles. The lowest BCUT2D eigenvalue weighted by atomic mass is 10.2. The molecule has 0 amide bonds. The molecular formula is C14H14ClFN2O2S. The van der Waals surface area contributed by atoms with Crippen molar-refractivity contribution in [2.45, 2.75) is 11.4 Å². The fourth-order valence-electron chi connectivity index (χ4n) is 1.80. The first-order valence-electron chi connectivity index (χ1n) is 6.14. The average molecular weight is 329 g/mol. The van der Waals surface area contributed by atoms with Crippen LogP contribution in [-0.2, 0) is 16.6 Å². The van der Waals surface area contributed by atoms with Crippen LogP contribution in [0.4, 0.5) is 10.1 Å². The highest BCUT2D eigenvalue weighted by molar-refractivity contribution is 7.92. The van der Waals surface area contributed by atoms with Crippen LogP contribution in [0.15, 0.2) is 47.4 Å². The molecule has 0 atom stereocenters. The lowest BCUT2D eigenvalue weighted by Gasteiger charge is -2.10. The van der Waals surface area contributed by atoms with Crippen molar-refractivity contribution in [1.82, 2.24) is 5.32 Å². The number of nitrogens with one attached hydrogen (secondary N) is 2. The van der Waals surface area contributed by atoms with Crippen molar-refractivity contribution >= 4 is 27.3 Å². The quantitative estimate of drug-likeness (QED) is 0.887. The minimum absolute atomic E-state index is 0.318. The molecule has 0 fully saturated rings. The molecule has 0 saturated carbocycles. The molecule has 0 aliphatic rings. The van der Waals surface area contributed by atoms with Crippen LogP contribution in [0.5, 0.6) is 0 Å². The van der Waals surface area contributed by atoms with E-state index in [1.54, 1.807) is 25.2 Å². The third-order valence-corrected chi connectivity index (χ3v) is 4.43. The van der Waals surface area contributed by atoms with Gasteiger partial charge in [-0.25, -0.2) is 12.8 Å². The number of halogens is 2. The summed E-state index contributed by atoms with van der Waals surface area (Å²) in [5.41, 5.74) is 0.985. The summed E-state index contributed by atoms with van der Waals surface area (Å²) in [6.45, 7) is 0.460. The van der Waals surface area contributed by atoms with Gasteiger partial charge >= 0.3 is 0 Å².